The van der Waals surface area contributed by atoms with Gasteiger partial charge < -0.3 is 5.11 Å². The number of hydrogen-bond acceptors (Lipinski definition) is 1. The van der Waals surface area contributed by atoms with E-state index in [1.54, 1.807) is 18.2 Å². The molecule has 0 fully saturated rings. The van der Waals surface area contributed by atoms with Gasteiger partial charge in [-0.25, -0.2) is 0 Å². The highest BCUT2D eigenvalue weighted by Crippen LogP contribution is 2.22. The molecule has 0 amide bonds. The standard InChI is InChI=1S/C10H13ClO/c1-2-3-4-8-7-9(12)5-6-10(8)11/h5-7,12H,2-4H2,1H3. The Morgan fingerprint density at radius 1 is 1.42 bits per heavy atom. The Balaban J connectivity index is 2.75. The zero-order chi connectivity index (χ0) is 8.97. The number of halogens is 1. The first-order valence-electron chi connectivity index (χ1n) is 4.21. The van der Waals surface area contributed by atoms with Crippen molar-refractivity contribution in [1.29, 1.82) is 0 Å². The topological polar surface area (TPSA) is 20.2 Å². The van der Waals surface area contributed by atoms with E-state index in [1.807, 2.05) is 0 Å². The van der Waals surface area contributed by atoms with Crippen LogP contribution in [0.2, 0.25) is 5.02 Å². The molecule has 0 aliphatic heterocycles. The van der Waals surface area contributed by atoms with Gasteiger partial charge in [0.05, 0.1) is 0 Å². The maximum Gasteiger partial charge on any atom is 0.115 e. The fraction of sp³-hybridized carbons (Fsp3) is 0.400. The lowest BCUT2D eigenvalue weighted by Crippen LogP contribution is -1.85. The summed E-state index contributed by atoms with van der Waals surface area (Å²) < 4.78 is 0. The van der Waals surface area contributed by atoms with Crippen molar-refractivity contribution in [3.63, 3.8) is 0 Å². The summed E-state index contributed by atoms with van der Waals surface area (Å²) in [5.41, 5.74) is 1.04. The summed E-state index contributed by atoms with van der Waals surface area (Å²) >= 11 is 5.92. The Hall–Kier alpha value is -0.690. The number of aryl methyl sites for hydroxylation is 1. The summed E-state index contributed by atoms with van der Waals surface area (Å²) in [6.45, 7) is 2.14. The number of rotatable bonds is 3. The lowest BCUT2D eigenvalue weighted by molar-refractivity contribution is 0.474. The summed E-state index contributed by atoms with van der Waals surface area (Å²) in [6, 6.07) is 5.08. The third-order valence-electron chi connectivity index (χ3n) is 1.83. The number of phenolic OH excluding ortho intramolecular Hbond substituents is 1. The van der Waals surface area contributed by atoms with Gasteiger partial charge in [0.2, 0.25) is 0 Å². The number of aromatic hydroxyl groups is 1. The quantitative estimate of drug-likeness (QED) is 0.764. The molecule has 0 aliphatic carbocycles. The van der Waals surface area contributed by atoms with Crippen LogP contribution in [-0.4, -0.2) is 5.11 Å². The number of phenols is 1. The molecule has 1 aromatic rings. The molecule has 1 aromatic carbocycles. The Bertz CT molecular complexity index is 258. The van der Waals surface area contributed by atoms with E-state index < -0.39 is 0 Å². The molecule has 1 rings (SSSR count). The highest BCUT2D eigenvalue weighted by Gasteiger charge is 2.00. The van der Waals surface area contributed by atoms with E-state index in [-0.39, 0.29) is 0 Å². The molecule has 0 saturated heterocycles. The average Bonchev–Trinajstić information content (AvgIpc) is 2.07. The highest BCUT2D eigenvalue weighted by atomic mass is 35.5. The van der Waals surface area contributed by atoms with Crippen molar-refractivity contribution in [1.82, 2.24) is 0 Å². The molecule has 1 nitrogen and oxygen atoms in total. The highest BCUT2D eigenvalue weighted by molar-refractivity contribution is 6.31. The van der Waals surface area contributed by atoms with E-state index in [0.29, 0.717) is 5.75 Å². The van der Waals surface area contributed by atoms with Gasteiger partial charge >= 0.3 is 0 Å². The van der Waals surface area contributed by atoms with Gasteiger partial charge in [-0.3, -0.25) is 0 Å². The molecule has 0 bridgehead atoms. The molecule has 0 unspecified atom stereocenters. The summed E-state index contributed by atoms with van der Waals surface area (Å²) in [5.74, 6) is 0.297. The van der Waals surface area contributed by atoms with Crippen molar-refractivity contribution >= 4 is 11.6 Å². The van der Waals surface area contributed by atoms with Gasteiger partial charge in [-0.1, -0.05) is 24.9 Å². The minimum Gasteiger partial charge on any atom is -0.508 e. The van der Waals surface area contributed by atoms with Gasteiger partial charge in [0.15, 0.2) is 0 Å². The minimum atomic E-state index is 0.297. The van der Waals surface area contributed by atoms with Gasteiger partial charge in [0, 0.05) is 5.02 Å². The average molecular weight is 185 g/mol. The van der Waals surface area contributed by atoms with E-state index >= 15 is 0 Å². The maximum absolute atomic E-state index is 9.18. The van der Waals surface area contributed by atoms with Crippen LogP contribution in [0.4, 0.5) is 0 Å². The summed E-state index contributed by atoms with van der Waals surface area (Å²) in [5, 5.41) is 9.93. The summed E-state index contributed by atoms with van der Waals surface area (Å²) in [6.07, 6.45) is 3.21. The van der Waals surface area contributed by atoms with E-state index in [4.69, 9.17) is 11.6 Å². The molecule has 0 aromatic heterocycles. The van der Waals surface area contributed by atoms with Gasteiger partial charge in [-0.15, -0.1) is 0 Å². The van der Waals surface area contributed by atoms with E-state index in [2.05, 4.69) is 6.92 Å². The second kappa shape index (κ2) is 4.36. The predicted octanol–water partition coefficient (Wildman–Crippen LogP) is 3.39. The van der Waals surface area contributed by atoms with Crippen molar-refractivity contribution in [2.24, 2.45) is 0 Å². The monoisotopic (exact) mass is 184 g/mol. The second-order valence-electron chi connectivity index (χ2n) is 2.88. The number of unbranched alkanes of at least 4 members (excludes halogenated alkanes) is 1. The van der Waals surface area contributed by atoms with Gasteiger partial charge in [0.1, 0.15) is 5.75 Å². The fourth-order valence-corrected chi connectivity index (χ4v) is 1.33. The zero-order valence-corrected chi connectivity index (χ0v) is 7.93. The van der Waals surface area contributed by atoms with Crippen molar-refractivity contribution in [2.45, 2.75) is 26.2 Å². The first-order chi connectivity index (χ1) is 5.74. The van der Waals surface area contributed by atoms with Gasteiger partial charge in [-0.05, 0) is 36.6 Å². The number of hydrogen-bond donors (Lipinski definition) is 1. The molecule has 12 heavy (non-hydrogen) atoms. The largest absolute Gasteiger partial charge is 0.508 e. The molecule has 0 radical (unpaired) electrons. The van der Waals surface area contributed by atoms with Gasteiger partial charge in [0.25, 0.3) is 0 Å². The molecule has 0 atom stereocenters. The van der Waals surface area contributed by atoms with Crippen LogP contribution in [0, 0.1) is 0 Å². The molecular weight excluding hydrogens is 172 g/mol. The van der Waals surface area contributed by atoms with Crippen LogP contribution in [0.5, 0.6) is 5.75 Å². The van der Waals surface area contributed by atoms with Crippen molar-refractivity contribution in [3.8, 4) is 5.75 Å². The minimum absolute atomic E-state index is 0.297. The van der Waals surface area contributed by atoms with Crippen LogP contribution in [0.25, 0.3) is 0 Å². The zero-order valence-electron chi connectivity index (χ0n) is 7.18. The van der Waals surface area contributed by atoms with Crippen LogP contribution in [0.1, 0.15) is 25.3 Å². The lowest BCUT2D eigenvalue weighted by atomic mass is 10.1. The molecular formula is C10H13ClO. The lowest BCUT2D eigenvalue weighted by Gasteiger charge is -2.02. The van der Waals surface area contributed by atoms with E-state index in [1.165, 1.54) is 0 Å². The molecule has 0 spiro atoms. The van der Waals surface area contributed by atoms with Crippen molar-refractivity contribution < 1.29 is 5.11 Å². The Morgan fingerprint density at radius 3 is 2.83 bits per heavy atom. The van der Waals surface area contributed by atoms with Crippen LogP contribution < -0.4 is 0 Å². The molecule has 0 aliphatic rings. The van der Waals surface area contributed by atoms with E-state index in [9.17, 15) is 5.11 Å². The van der Waals surface area contributed by atoms with Crippen LogP contribution in [0.3, 0.4) is 0 Å². The van der Waals surface area contributed by atoms with Crippen molar-refractivity contribution in [3.05, 3.63) is 28.8 Å². The Morgan fingerprint density at radius 2 is 2.17 bits per heavy atom. The molecule has 1 N–H and O–H groups in total. The SMILES string of the molecule is CCCCc1cc(O)ccc1Cl. The summed E-state index contributed by atoms with van der Waals surface area (Å²) in [4.78, 5) is 0. The molecule has 66 valence electrons. The van der Waals surface area contributed by atoms with Gasteiger partial charge in [-0.2, -0.15) is 0 Å². The third kappa shape index (κ3) is 2.42. The normalized spacial score (nSPS) is 10.2. The fourth-order valence-electron chi connectivity index (χ4n) is 1.12. The Kier molecular flexibility index (Phi) is 3.42. The Labute approximate surface area is 78.0 Å². The predicted molar refractivity (Wildman–Crippen MR) is 51.7 cm³/mol. The molecule has 2 heteroatoms. The first kappa shape index (κ1) is 9.40. The second-order valence-corrected chi connectivity index (χ2v) is 3.29. The van der Waals surface area contributed by atoms with Crippen molar-refractivity contribution in [2.75, 3.05) is 0 Å². The molecule has 0 heterocycles. The smallest absolute Gasteiger partial charge is 0.115 e. The molecule has 0 saturated carbocycles. The maximum atomic E-state index is 9.18. The third-order valence-corrected chi connectivity index (χ3v) is 2.20. The van der Waals surface area contributed by atoms with E-state index in [0.717, 1.165) is 29.8 Å². The van der Waals surface area contributed by atoms with Crippen LogP contribution in [0.15, 0.2) is 18.2 Å². The summed E-state index contributed by atoms with van der Waals surface area (Å²) in [7, 11) is 0. The first-order valence-corrected chi connectivity index (χ1v) is 4.59. The number of benzene rings is 1. The van der Waals surface area contributed by atoms with Crippen LogP contribution >= 0.6 is 11.6 Å². The van der Waals surface area contributed by atoms with Crippen LogP contribution in [-0.2, 0) is 6.42 Å².